The first-order valence-corrected chi connectivity index (χ1v) is 5.77. The molecule has 0 saturated carbocycles. The van der Waals surface area contributed by atoms with E-state index in [4.69, 9.17) is 0 Å². The Balaban J connectivity index is 0.000000902. The molecule has 104 valence electrons. The summed E-state index contributed by atoms with van der Waals surface area (Å²) >= 11 is 0. The molecule has 7 heteroatoms. The molecule has 3 heterocycles. The van der Waals surface area contributed by atoms with Crippen LogP contribution in [0.3, 0.4) is 0 Å². The molecule has 1 unspecified atom stereocenters. The van der Waals surface area contributed by atoms with Crippen LogP contribution in [0.1, 0.15) is 16.8 Å². The highest BCUT2D eigenvalue weighted by Crippen LogP contribution is 2.06. The number of halogens is 2. The normalized spacial score (nSPS) is 17.6. The third-order valence-corrected chi connectivity index (χ3v) is 3.05. The SMILES string of the molecule is Cl.Cl.O=C(NC1CCNC1)c1ccc2nccn2c1. The van der Waals surface area contributed by atoms with Gasteiger partial charge in [-0.3, -0.25) is 4.79 Å². The third kappa shape index (κ3) is 3.37. The van der Waals surface area contributed by atoms with E-state index in [1.807, 2.05) is 16.7 Å². The molecule has 1 atom stereocenters. The van der Waals surface area contributed by atoms with Gasteiger partial charge in [-0.25, -0.2) is 4.98 Å². The molecule has 1 saturated heterocycles. The van der Waals surface area contributed by atoms with E-state index in [0.29, 0.717) is 5.56 Å². The van der Waals surface area contributed by atoms with E-state index >= 15 is 0 Å². The number of carbonyl (C=O) groups excluding carboxylic acids is 1. The van der Waals surface area contributed by atoms with Gasteiger partial charge in [-0.2, -0.15) is 0 Å². The molecule has 0 aliphatic carbocycles. The fourth-order valence-corrected chi connectivity index (χ4v) is 2.10. The van der Waals surface area contributed by atoms with Crippen molar-refractivity contribution < 1.29 is 4.79 Å². The molecular formula is C12H16Cl2N4O. The number of amides is 1. The van der Waals surface area contributed by atoms with Crippen LogP contribution in [0.5, 0.6) is 0 Å². The van der Waals surface area contributed by atoms with Crippen molar-refractivity contribution in [1.82, 2.24) is 20.0 Å². The topological polar surface area (TPSA) is 58.4 Å². The molecule has 3 rings (SSSR count). The predicted octanol–water partition coefficient (Wildman–Crippen LogP) is 1.27. The van der Waals surface area contributed by atoms with Crippen LogP contribution >= 0.6 is 24.8 Å². The molecule has 1 amide bonds. The Kier molecular flexibility index (Phi) is 5.60. The summed E-state index contributed by atoms with van der Waals surface area (Å²) in [5.41, 5.74) is 1.52. The van der Waals surface area contributed by atoms with Crippen molar-refractivity contribution >= 4 is 36.4 Å². The lowest BCUT2D eigenvalue weighted by Gasteiger charge is -2.11. The van der Waals surface area contributed by atoms with E-state index in [9.17, 15) is 4.79 Å². The van der Waals surface area contributed by atoms with Crippen LogP contribution in [-0.4, -0.2) is 34.4 Å². The molecule has 19 heavy (non-hydrogen) atoms. The molecule has 1 fully saturated rings. The highest BCUT2D eigenvalue weighted by Gasteiger charge is 2.17. The largest absolute Gasteiger partial charge is 0.348 e. The van der Waals surface area contributed by atoms with Crippen LogP contribution < -0.4 is 10.6 Å². The number of pyridine rings is 1. The van der Waals surface area contributed by atoms with E-state index in [0.717, 1.165) is 25.2 Å². The van der Waals surface area contributed by atoms with Crippen molar-refractivity contribution in [2.45, 2.75) is 12.5 Å². The number of nitrogens with zero attached hydrogens (tertiary/aromatic N) is 2. The number of hydrogen-bond acceptors (Lipinski definition) is 3. The number of rotatable bonds is 2. The minimum absolute atomic E-state index is 0. The zero-order valence-electron chi connectivity index (χ0n) is 10.2. The maximum Gasteiger partial charge on any atom is 0.253 e. The van der Waals surface area contributed by atoms with E-state index < -0.39 is 0 Å². The first-order chi connectivity index (χ1) is 8.33. The lowest BCUT2D eigenvalue weighted by molar-refractivity contribution is 0.0939. The van der Waals surface area contributed by atoms with Gasteiger partial charge in [0, 0.05) is 31.2 Å². The lowest BCUT2D eigenvalue weighted by Crippen LogP contribution is -2.36. The van der Waals surface area contributed by atoms with Gasteiger partial charge in [-0.05, 0) is 25.1 Å². The fraction of sp³-hybridized carbons (Fsp3) is 0.333. The third-order valence-electron chi connectivity index (χ3n) is 3.05. The maximum absolute atomic E-state index is 12.0. The van der Waals surface area contributed by atoms with Gasteiger partial charge in [0.05, 0.1) is 5.56 Å². The number of carbonyl (C=O) groups is 1. The van der Waals surface area contributed by atoms with Gasteiger partial charge in [0.25, 0.3) is 5.91 Å². The highest BCUT2D eigenvalue weighted by atomic mass is 35.5. The number of nitrogens with one attached hydrogen (secondary N) is 2. The zero-order valence-corrected chi connectivity index (χ0v) is 11.8. The van der Waals surface area contributed by atoms with Gasteiger partial charge in [-0.15, -0.1) is 24.8 Å². The summed E-state index contributed by atoms with van der Waals surface area (Å²) in [6.45, 7) is 1.84. The minimum atomic E-state index is -0.0192. The van der Waals surface area contributed by atoms with Gasteiger partial charge in [0.2, 0.25) is 0 Å². The number of imidazole rings is 1. The molecule has 2 aromatic heterocycles. The van der Waals surface area contributed by atoms with Crippen LogP contribution in [0, 0.1) is 0 Å². The monoisotopic (exact) mass is 302 g/mol. The average molecular weight is 303 g/mol. The Labute approximate surface area is 123 Å². The first kappa shape index (κ1) is 15.8. The summed E-state index contributed by atoms with van der Waals surface area (Å²) in [6.07, 6.45) is 6.36. The van der Waals surface area contributed by atoms with Crippen molar-refractivity contribution in [2.75, 3.05) is 13.1 Å². The second-order valence-electron chi connectivity index (χ2n) is 4.27. The van der Waals surface area contributed by atoms with Gasteiger partial charge in [0.1, 0.15) is 5.65 Å². The fourth-order valence-electron chi connectivity index (χ4n) is 2.10. The molecule has 2 N–H and O–H groups in total. The van der Waals surface area contributed by atoms with Crippen LogP contribution in [0.25, 0.3) is 5.65 Å². The Hall–Kier alpha value is -1.30. The van der Waals surface area contributed by atoms with E-state index in [2.05, 4.69) is 15.6 Å². The smallest absolute Gasteiger partial charge is 0.253 e. The first-order valence-electron chi connectivity index (χ1n) is 5.77. The van der Waals surface area contributed by atoms with Crippen molar-refractivity contribution in [3.05, 3.63) is 36.3 Å². The van der Waals surface area contributed by atoms with Gasteiger partial charge in [0.15, 0.2) is 0 Å². The van der Waals surface area contributed by atoms with Crippen molar-refractivity contribution in [3.63, 3.8) is 0 Å². The summed E-state index contributed by atoms with van der Waals surface area (Å²) in [6, 6.07) is 3.91. The van der Waals surface area contributed by atoms with Crippen LogP contribution in [0.4, 0.5) is 0 Å². The predicted molar refractivity (Wildman–Crippen MR) is 78.4 cm³/mol. The molecular weight excluding hydrogens is 287 g/mol. The Bertz CT molecular complexity index is 551. The molecule has 0 radical (unpaired) electrons. The second-order valence-corrected chi connectivity index (χ2v) is 4.27. The van der Waals surface area contributed by atoms with Crippen LogP contribution in [-0.2, 0) is 0 Å². The van der Waals surface area contributed by atoms with Gasteiger partial charge in [-0.1, -0.05) is 0 Å². The summed E-state index contributed by atoms with van der Waals surface area (Å²) < 4.78 is 1.85. The molecule has 0 aromatic carbocycles. The lowest BCUT2D eigenvalue weighted by atomic mass is 10.2. The minimum Gasteiger partial charge on any atom is -0.348 e. The van der Waals surface area contributed by atoms with Crippen LogP contribution in [0.15, 0.2) is 30.7 Å². The molecule has 2 aromatic rings. The number of hydrogen-bond donors (Lipinski definition) is 2. The molecule has 0 bridgehead atoms. The molecule has 0 spiro atoms. The summed E-state index contributed by atoms with van der Waals surface area (Å²) in [5.74, 6) is -0.0192. The van der Waals surface area contributed by atoms with Crippen molar-refractivity contribution in [2.24, 2.45) is 0 Å². The number of aromatic nitrogens is 2. The standard InChI is InChI=1S/C12H14N4O.2ClH/c17-12(15-10-3-4-13-7-10)9-1-2-11-14-5-6-16(11)8-9;;/h1-2,5-6,8,10,13H,3-4,7H2,(H,15,17);2*1H. The Morgan fingerprint density at radius 3 is 3.00 bits per heavy atom. The van der Waals surface area contributed by atoms with Gasteiger partial charge >= 0.3 is 0 Å². The van der Waals surface area contributed by atoms with Gasteiger partial charge < -0.3 is 15.0 Å². The number of fused-ring (bicyclic) bond motifs is 1. The molecule has 5 nitrogen and oxygen atoms in total. The zero-order chi connectivity index (χ0) is 11.7. The van der Waals surface area contributed by atoms with Crippen LogP contribution in [0.2, 0.25) is 0 Å². The maximum atomic E-state index is 12.0. The van der Waals surface area contributed by atoms with E-state index in [1.54, 1.807) is 18.5 Å². The van der Waals surface area contributed by atoms with E-state index in [1.165, 1.54) is 0 Å². The molecule has 1 aliphatic rings. The quantitative estimate of drug-likeness (QED) is 0.878. The Morgan fingerprint density at radius 2 is 2.26 bits per heavy atom. The summed E-state index contributed by atoms with van der Waals surface area (Å²) in [5, 5.41) is 6.24. The second kappa shape index (κ2) is 6.75. The molecule has 1 aliphatic heterocycles. The summed E-state index contributed by atoms with van der Waals surface area (Å²) in [7, 11) is 0. The highest BCUT2D eigenvalue weighted by molar-refractivity contribution is 5.94. The summed E-state index contributed by atoms with van der Waals surface area (Å²) in [4.78, 5) is 16.1. The average Bonchev–Trinajstić information content (AvgIpc) is 2.97. The van der Waals surface area contributed by atoms with Crippen molar-refractivity contribution in [1.29, 1.82) is 0 Å². The Morgan fingerprint density at radius 1 is 1.42 bits per heavy atom. The van der Waals surface area contributed by atoms with Crippen molar-refractivity contribution in [3.8, 4) is 0 Å². The van der Waals surface area contributed by atoms with E-state index in [-0.39, 0.29) is 36.8 Å².